The molecule has 1 fully saturated rings. The molecule has 1 aromatic rings. The summed E-state index contributed by atoms with van der Waals surface area (Å²) in [4.78, 5) is 28.5. The van der Waals surface area contributed by atoms with Gasteiger partial charge in [0.25, 0.3) is 5.91 Å². The Balaban J connectivity index is 1.83. The molecule has 1 saturated heterocycles. The van der Waals surface area contributed by atoms with Crippen molar-refractivity contribution in [1.29, 1.82) is 0 Å². The first kappa shape index (κ1) is 20.6. The number of hydrogen-bond acceptors (Lipinski definition) is 4. The van der Waals surface area contributed by atoms with Crippen LogP contribution in [0.3, 0.4) is 0 Å². The molecule has 2 amide bonds. The van der Waals surface area contributed by atoms with Gasteiger partial charge in [-0.05, 0) is 42.7 Å². The van der Waals surface area contributed by atoms with Gasteiger partial charge >= 0.3 is 0 Å². The van der Waals surface area contributed by atoms with E-state index in [2.05, 4.69) is 13.8 Å². The average Bonchev–Trinajstić information content (AvgIpc) is 2.87. The van der Waals surface area contributed by atoms with Crippen molar-refractivity contribution in [2.45, 2.75) is 39.4 Å². The third-order valence-corrected chi connectivity index (χ3v) is 5.73. The van der Waals surface area contributed by atoms with Crippen molar-refractivity contribution in [3.8, 4) is 5.75 Å². The van der Waals surface area contributed by atoms with Gasteiger partial charge in [0.15, 0.2) is 6.61 Å². The van der Waals surface area contributed by atoms with Gasteiger partial charge in [0.1, 0.15) is 5.75 Å². The van der Waals surface area contributed by atoms with Crippen LogP contribution in [0.25, 0.3) is 0 Å². The minimum absolute atomic E-state index is 0.0169. The Morgan fingerprint density at radius 1 is 1.08 bits per heavy atom. The van der Waals surface area contributed by atoms with Crippen LogP contribution < -0.4 is 4.74 Å². The molecule has 0 saturated carbocycles. The molecule has 0 aliphatic carbocycles. The fourth-order valence-electron chi connectivity index (χ4n) is 2.86. The van der Waals surface area contributed by atoms with Crippen LogP contribution in [0.2, 0.25) is 0 Å². The van der Waals surface area contributed by atoms with Crippen LogP contribution in [0.1, 0.15) is 31.4 Å². The average molecular weight is 379 g/mol. The van der Waals surface area contributed by atoms with Crippen LogP contribution in [0.15, 0.2) is 18.2 Å². The van der Waals surface area contributed by atoms with E-state index in [9.17, 15) is 9.59 Å². The van der Waals surface area contributed by atoms with Crippen molar-refractivity contribution in [3.05, 3.63) is 29.3 Å². The minimum Gasteiger partial charge on any atom is -0.483 e. The van der Waals surface area contributed by atoms with E-state index in [1.54, 1.807) is 11.8 Å². The monoisotopic (exact) mass is 378 g/mol. The van der Waals surface area contributed by atoms with Gasteiger partial charge in [0.05, 0.1) is 5.75 Å². The summed E-state index contributed by atoms with van der Waals surface area (Å²) in [6.45, 7) is 10.8. The summed E-state index contributed by atoms with van der Waals surface area (Å²) in [5.41, 5.74) is 2.22. The standard InChI is InChI=1S/C20H30N2O3S/c1-15(2)26-14-20(24)22-10-6-9-21(11-12-22)19(23)13-25-18-8-5-7-16(3)17(18)4/h5,7-8,15H,6,9-14H2,1-4H3. The van der Waals surface area contributed by atoms with Crippen LogP contribution in [-0.4, -0.2) is 65.4 Å². The summed E-state index contributed by atoms with van der Waals surface area (Å²) in [6.07, 6.45) is 0.813. The topological polar surface area (TPSA) is 49.9 Å². The molecule has 144 valence electrons. The maximum atomic E-state index is 12.5. The van der Waals surface area contributed by atoms with Crippen molar-refractivity contribution in [1.82, 2.24) is 9.80 Å². The third-order valence-electron chi connectivity index (χ3n) is 4.65. The number of ether oxygens (including phenoxy) is 1. The lowest BCUT2D eigenvalue weighted by Gasteiger charge is -2.22. The minimum atomic E-state index is -0.0169. The van der Waals surface area contributed by atoms with Gasteiger partial charge in [-0.15, -0.1) is 11.8 Å². The second-order valence-corrected chi connectivity index (χ2v) is 8.53. The van der Waals surface area contributed by atoms with Crippen molar-refractivity contribution in [2.24, 2.45) is 0 Å². The number of carbonyl (C=O) groups excluding carboxylic acids is 2. The molecule has 0 radical (unpaired) electrons. The Labute approximate surface area is 161 Å². The Morgan fingerprint density at radius 2 is 1.73 bits per heavy atom. The molecule has 0 aromatic heterocycles. The number of thioether (sulfide) groups is 1. The summed E-state index contributed by atoms with van der Waals surface area (Å²) in [5, 5.41) is 0.450. The summed E-state index contributed by atoms with van der Waals surface area (Å²) in [5.74, 6) is 1.43. The highest BCUT2D eigenvalue weighted by Gasteiger charge is 2.22. The number of hydrogen-bond donors (Lipinski definition) is 0. The van der Waals surface area contributed by atoms with Crippen LogP contribution in [0.5, 0.6) is 5.75 Å². The Kier molecular flexibility index (Phi) is 7.82. The smallest absolute Gasteiger partial charge is 0.260 e. The number of carbonyl (C=O) groups is 2. The number of aryl methyl sites for hydroxylation is 1. The molecule has 2 rings (SSSR count). The highest BCUT2D eigenvalue weighted by atomic mass is 32.2. The number of benzene rings is 1. The molecule has 0 bridgehead atoms. The Bertz CT molecular complexity index is 633. The molecule has 5 nitrogen and oxygen atoms in total. The number of nitrogens with zero attached hydrogens (tertiary/aromatic N) is 2. The second-order valence-electron chi connectivity index (χ2n) is 6.96. The fraction of sp³-hybridized carbons (Fsp3) is 0.600. The zero-order chi connectivity index (χ0) is 19.1. The van der Waals surface area contributed by atoms with Crippen molar-refractivity contribution >= 4 is 23.6 Å². The van der Waals surface area contributed by atoms with E-state index >= 15 is 0 Å². The quantitative estimate of drug-likeness (QED) is 0.764. The molecule has 0 unspecified atom stereocenters. The van der Waals surface area contributed by atoms with Gasteiger partial charge in [-0.1, -0.05) is 26.0 Å². The summed E-state index contributed by atoms with van der Waals surface area (Å²) >= 11 is 1.66. The molecule has 1 heterocycles. The van der Waals surface area contributed by atoms with Crippen LogP contribution >= 0.6 is 11.8 Å². The summed E-state index contributed by atoms with van der Waals surface area (Å²) in [7, 11) is 0. The first-order valence-electron chi connectivity index (χ1n) is 9.24. The normalized spacial score (nSPS) is 15.1. The first-order valence-corrected chi connectivity index (χ1v) is 10.3. The van der Waals surface area contributed by atoms with Crippen molar-refractivity contribution < 1.29 is 14.3 Å². The predicted octanol–water partition coefficient (Wildman–Crippen LogP) is 2.88. The number of amides is 2. The zero-order valence-electron chi connectivity index (χ0n) is 16.3. The molecule has 1 aliphatic rings. The fourth-order valence-corrected chi connectivity index (χ4v) is 3.52. The van der Waals surface area contributed by atoms with Crippen molar-refractivity contribution in [3.63, 3.8) is 0 Å². The van der Waals surface area contributed by atoms with Gasteiger partial charge in [0.2, 0.25) is 5.91 Å². The van der Waals surface area contributed by atoms with Crippen LogP contribution in [-0.2, 0) is 9.59 Å². The highest BCUT2D eigenvalue weighted by Crippen LogP contribution is 2.20. The zero-order valence-corrected chi connectivity index (χ0v) is 17.1. The maximum Gasteiger partial charge on any atom is 0.260 e. The lowest BCUT2D eigenvalue weighted by Crippen LogP contribution is -2.39. The Morgan fingerprint density at radius 3 is 2.38 bits per heavy atom. The lowest BCUT2D eigenvalue weighted by molar-refractivity contribution is -0.134. The molecular formula is C20H30N2O3S. The highest BCUT2D eigenvalue weighted by molar-refractivity contribution is 8.00. The van der Waals surface area contributed by atoms with E-state index in [0.717, 1.165) is 29.8 Å². The molecule has 1 aromatic carbocycles. The van der Waals surface area contributed by atoms with E-state index in [1.807, 2.05) is 41.8 Å². The molecular weight excluding hydrogens is 348 g/mol. The van der Waals surface area contributed by atoms with E-state index < -0.39 is 0 Å². The molecule has 0 N–H and O–H groups in total. The van der Waals surface area contributed by atoms with E-state index in [1.165, 1.54) is 0 Å². The molecule has 26 heavy (non-hydrogen) atoms. The van der Waals surface area contributed by atoms with E-state index in [4.69, 9.17) is 4.74 Å². The van der Waals surface area contributed by atoms with Gasteiger partial charge in [-0.25, -0.2) is 0 Å². The molecule has 0 spiro atoms. The Hall–Kier alpha value is -1.69. The van der Waals surface area contributed by atoms with E-state index in [-0.39, 0.29) is 18.4 Å². The van der Waals surface area contributed by atoms with Gasteiger partial charge in [-0.3, -0.25) is 9.59 Å². The van der Waals surface area contributed by atoms with Crippen LogP contribution in [0.4, 0.5) is 0 Å². The summed E-state index contributed by atoms with van der Waals surface area (Å²) in [6, 6.07) is 5.86. The predicted molar refractivity (Wildman–Crippen MR) is 107 cm³/mol. The van der Waals surface area contributed by atoms with E-state index in [0.29, 0.717) is 30.6 Å². The second kappa shape index (κ2) is 9.86. The third kappa shape index (κ3) is 5.94. The molecule has 0 atom stereocenters. The molecule has 1 aliphatic heterocycles. The van der Waals surface area contributed by atoms with Gasteiger partial charge in [0, 0.05) is 26.2 Å². The van der Waals surface area contributed by atoms with Crippen molar-refractivity contribution in [2.75, 3.05) is 38.5 Å². The maximum absolute atomic E-state index is 12.5. The SMILES string of the molecule is Cc1cccc(OCC(=O)N2CCCN(C(=O)CSC(C)C)CC2)c1C. The largest absolute Gasteiger partial charge is 0.483 e. The lowest BCUT2D eigenvalue weighted by atomic mass is 10.1. The molecule has 6 heteroatoms. The van der Waals surface area contributed by atoms with Gasteiger partial charge in [-0.2, -0.15) is 0 Å². The van der Waals surface area contributed by atoms with Crippen LogP contribution in [0, 0.1) is 13.8 Å². The van der Waals surface area contributed by atoms with Gasteiger partial charge < -0.3 is 14.5 Å². The first-order chi connectivity index (χ1) is 12.4. The number of rotatable bonds is 6. The summed E-state index contributed by atoms with van der Waals surface area (Å²) < 4.78 is 5.74.